The highest BCUT2D eigenvalue weighted by Crippen LogP contribution is 2.48. The van der Waals surface area contributed by atoms with Crippen molar-refractivity contribution in [3.05, 3.63) is 124 Å². The molecule has 0 saturated heterocycles. The largest absolute Gasteiger partial charge is 0.331 e. The molecule has 0 aromatic heterocycles. The molecule has 3 aromatic rings. The number of carbonyl (C=O) groups excluding carboxylic acids is 1. The van der Waals surface area contributed by atoms with Gasteiger partial charge in [-0.2, -0.15) is 0 Å². The van der Waals surface area contributed by atoms with Gasteiger partial charge in [0.25, 0.3) is 0 Å². The number of aryl methyl sites for hydroxylation is 1. The average Bonchev–Trinajstić information content (AvgIpc) is 3.23. The Balaban J connectivity index is 1.57. The van der Waals surface area contributed by atoms with Crippen LogP contribution in [0.4, 0.5) is 0 Å². The average molecular weight is 488 g/mol. The maximum Gasteiger partial charge on any atom is 0.331 e. The van der Waals surface area contributed by atoms with Crippen LogP contribution in [-0.2, 0) is 9.63 Å². The lowest BCUT2D eigenvalue weighted by atomic mass is 9.91. The molecule has 2 aliphatic carbocycles. The van der Waals surface area contributed by atoms with E-state index in [-0.39, 0.29) is 0 Å². The number of rotatable bonds is 7. The molecule has 0 heterocycles. The summed E-state index contributed by atoms with van der Waals surface area (Å²) < 4.78 is 0. The topological polar surface area (TPSA) is 38.7 Å². The van der Waals surface area contributed by atoms with Gasteiger partial charge in [0, 0.05) is 24.8 Å². The maximum absolute atomic E-state index is 11.6. The lowest BCUT2D eigenvalue weighted by molar-refractivity contribution is -0.140. The van der Waals surface area contributed by atoms with Gasteiger partial charge in [0.15, 0.2) is 0 Å². The highest BCUT2D eigenvalue weighted by Gasteiger charge is 2.29. The fraction of sp³-hybridized carbons (Fsp3) is 0.235. The minimum Gasteiger partial charge on any atom is -0.318 e. The summed E-state index contributed by atoms with van der Waals surface area (Å²) in [5, 5.41) is 4.29. The van der Waals surface area contributed by atoms with Gasteiger partial charge in [0.1, 0.15) is 0 Å². The van der Waals surface area contributed by atoms with Gasteiger partial charge in [-0.1, -0.05) is 91.0 Å². The van der Waals surface area contributed by atoms with Gasteiger partial charge in [0.2, 0.25) is 0 Å². The first-order chi connectivity index (χ1) is 18.0. The van der Waals surface area contributed by atoms with Crippen molar-refractivity contribution in [3.8, 4) is 11.1 Å². The molecule has 37 heavy (non-hydrogen) atoms. The Morgan fingerprint density at radius 3 is 2.38 bits per heavy atom. The maximum atomic E-state index is 11.6. The Morgan fingerprint density at radius 2 is 1.73 bits per heavy atom. The van der Waals surface area contributed by atoms with Crippen molar-refractivity contribution in [2.75, 3.05) is 0 Å². The van der Waals surface area contributed by atoms with Gasteiger partial charge in [-0.05, 0) is 82.8 Å². The number of fused-ring (bicyclic) bond motifs is 3. The number of allylic oxidation sites excluding steroid dienone is 4. The summed E-state index contributed by atoms with van der Waals surface area (Å²) in [6.45, 7) is 10.2. The van der Waals surface area contributed by atoms with E-state index in [2.05, 4.69) is 104 Å². The zero-order valence-corrected chi connectivity index (χ0v) is 21.9. The van der Waals surface area contributed by atoms with Gasteiger partial charge in [-0.15, -0.1) is 0 Å². The van der Waals surface area contributed by atoms with Gasteiger partial charge in [0.05, 0.1) is 5.71 Å². The Labute approximate surface area is 219 Å². The number of nitrogens with zero attached hydrogens (tertiary/aromatic N) is 1. The number of carbonyl (C=O) groups is 1. The zero-order valence-electron chi connectivity index (χ0n) is 21.9. The molecule has 3 nitrogen and oxygen atoms in total. The second-order valence-corrected chi connectivity index (χ2v) is 9.95. The van der Waals surface area contributed by atoms with Gasteiger partial charge in [-0.25, -0.2) is 4.79 Å². The quantitative estimate of drug-likeness (QED) is 0.190. The van der Waals surface area contributed by atoms with Crippen LogP contribution in [-0.4, -0.2) is 11.7 Å². The summed E-state index contributed by atoms with van der Waals surface area (Å²) in [5.41, 5.74) is 12.8. The van der Waals surface area contributed by atoms with Crippen LogP contribution in [0.15, 0.2) is 96.2 Å². The van der Waals surface area contributed by atoms with Gasteiger partial charge >= 0.3 is 5.97 Å². The molecule has 0 radical (unpaired) electrons. The first-order valence-corrected chi connectivity index (χ1v) is 13.1. The van der Waals surface area contributed by atoms with Crippen LogP contribution in [0, 0.1) is 6.92 Å². The third-order valence-corrected chi connectivity index (χ3v) is 7.49. The number of oxime groups is 1. The molecule has 186 valence electrons. The van der Waals surface area contributed by atoms with Crippen LogP contribution in [0.2, 0.25) is 0 Å². The van der Waals surface area contributed by atoms with E-state index in [1.807, 2.05) is 0 Å². The summed E-state index contributed by atoms with van der Waals surface area (Å²) in [5.74, 6) is -0.0493. The summed E-state index contributed by atoms with van der Waals surface area (Å²) in [4.78, 5) is 16.7. The molecule has 0 bridgehead atoms. The lowest BCUT2D eigenvalue weighted by Gasteiger charge is -2.13. The highest BCUT2D eigenvalue weighted by atomic mass is 16.7. The van der Waals surface area contributed by atoms with E-state index in [1.54, 1.807) is 0 Å². The van der Waals surface area contributed by atoms with Crippen molar-refractivity contribution in [1.82, 2.24) is 0 Å². The van der Waals surface area contributed by atoms with Crippen LogP contribution < -0.4 is 0 Å². The SMILES string of the molecule is C=C(c1ccc2c(c1)-c1cc(/C(CC3=CC=CCC3)=N/OC(C)=O)ccc1C2CC)c1ccccc1C. The monoisotopic (exact) mass is 487 g/mol. The normalized spacial score (nSPS) is 16.1. The summed E-state index contributed by atoms with van der Waals surface area (Å²) in [7, 11) is 0. The first-order valence-electron chi connectivity index (χ1n) is 13.1. The van der Waals surface area contributed by atoms with E-state index in [9.17, 15) is 4.79 Å². The molecule has 3 aromatic carbocycles. The lowest BCUT2D eigenvalue weighted by Crippen LogP contribution is -2.07. The van der Waals surface area contributed by atoms with E-state index in [0.717, 1.165) is 41.7 Å². The Kier molecular flexibility index (Phi) is 7.05. The fourth-order valence-electron chi connectivity index (χ4n) is 5.55. The van der Waals surface area contributed by atoms with Gasteiger partial charge in [-0.3, -0.25) is 0 Å². The van der Waals surface area contributed by atoms with E-state index < -0.39 is 5.97 Å². The third kappa shape index (κ3) is 4.99. The number of hydrogen-bond acceptors (Lipinski definition) is 3. The summed E-state index contributed by atoms with van der Waals surface area (Å²) >= 11 is 0. The minimum absolute atomic E-state index is 0.361. The standard InChI is InChI=1S/C34H33NO2/c1-5-28-30-17-15-26(23(3)29-14-10-9-11-22(29)2)20-32(30)33-21-27(16-18-31(28)33)34(35-37-24(4)36)19-25-12-7-6-8-13-25/h6-7,9-12,14-18,20-21,28H,3,5,8,13,19H2,1-2,4H3/b35-34+. The molecular weight excluding hydrogens is 454 g/mol. The minimum atomic E-state index is -0.410. The second-order valence-electron chi connectivity index (χ2n) is 9.95. The Morgan fingerprint density at radius 1 is 1.03 bits per heavy atom. The predicted molar refractivity (Wildman–Crippen MR) is 153 cm³/mol. The smallest absolute Gasteiger partial charge is 0.318 e. The molecule has 0 amide bonds. The molecular formula is C34H33NO2. The molecule has 0 aliphatic heterocycles. The van der Waals surface area contributed by atoms with E-state index in [0.29, 0.717) is 12.3 Å². The molecule has 0 N–H and O–H groups in total. The third-order valence-electron chi connectivity index (χ3n) is 7.49. The van der Waals surface area contributed by atoms with Crippen LogP contribution in [0.3, 0.4) is 0 Å². The van der Waals surface area contributed by atoms with E-state index >= 15 is 0 Å². The van der Waals surface area contributed by atoms with Crippen molar-refractivity contribution in [1.29, 1.82) is 0 Å². The van der Waals surface area contributed by atoms with Gasteiger partial charge < -0.3 is 4.84 Å². The fourth-order valence-corrected chi connectivity index (χ4v) is 5.55. The molecule has 2 aliphatic rings. The zero-order chi connectivity index (χ0) is 25.9. The molecule has 5 rings (SSSR count). The van der Waals surface area contributed by atoms with Crippen molar-refractivity contribution in [3.63, 3.8) is 0 Å². The molecule has 0 saturated carbocycles. The first kappa shape index (κ1) is 24.7. The van der Waals surface area contributed by atoms with Crippen molar-refractivity contribution in [2.24, 2.45) is 5.16 Å². The van der Waals surface area contributed by atoms with Crippen molar-refractivity contribution in [2.45, 2.75) is 52.4 Å². The Hall–Kier alpha value is -3.98. The van der Waals surface area contributed by atoms with Crippen LogP contribution in [0.25, 0.3) is 16.7 Å². The molecule has 0 spiro atoms. The Bertz CT molecular complexity index is 1470. The van der Waals surface area contributed by atoms with E-state index in [1.165, 1.54) is 45.9 Å². The van der Waals surface area contributed by atoms with E-state index in [4.69, 9.17) is 4.84 Å². The molecule has 0 fully saturated rings. The second kappa shape index (κ2) is 10.6. The molecule has 3 heteroatoms. The van der Waals surface area contributed by atoms with Crippen LogP contribution >= 0.6 is 0 Å². The number of benzene rings is 3. The highest BCUT2D eigenvalue weighted by molar-refractivity contribution is 6.03. The van der Waals surface area contributed by atoms with Crippen LogP contribution in [0.1, 0.15) is 78.8 Å². The van der Waals surface area contributed by atoms with Crippen LogP contribution in [0.5, 0.6) is 0 Å². The molecule has 1 unspecified atom stereocenters. The van der Waals surface area contributed by atoms with Crippen molar-refractivity contribution < 1.29 is 9.63 Å². The summed E-state index contributed by atoms with van der Waals surface area (Å²) in [6, 6.07) is 21.8. The molecule has 1 atom stereocenters. The van der Waals surface area contributed by atoms with Crippen molar-refractivity contribution >= 4 is 17.3 Å². The predicted octanol–water partition coefficient (Wildman–Crippen LogP) is 8.51. The number of hydrogen-bond donors (Lipinski definition) is 0. The summed E-state index contributed by atoms with van der Waals surface area (Å²) in [6.07, 6.45) is 10.1.